The summed E-state index contributed by atoms with van der Waals surface area (Å²) in [4.78, 5) is 12.7. The minimum atomic E-state index is -5.05. The van der Waals surface area contributed by atoms with Crippen LogP contribution in [0.3, 0.4) is 0 Å². The van der Waals surface area contributed by atoms with Gasteiger partial charge in [-0.3, -0.25) is 9.35 Å². The van der Waals surface area contributed by atoms with Crippen molar-refractivity contribution in [2.24, 2.45) is 0 Å². The second kappa shape index (κ2) is 28.8. The summed E-state index contributed by atoms with van der Waals surface area (Å²) in [6.07, 6.45) is 15.9. The molecule has 6 unspecified atom stereocenters. The van der Waals surface area contributed by atoms with Crippen LogP contribution < -0.4 is 0 Å². The van der Waals surface area contributed by atoms with Crippen LogP contribution in [-0.4, -0.2) is 97.5 Å². The third-order valence-corrected chi connectivity index (χ3v) is 9.19. The molecule has 1 aliphatic heterocycles. The van der Waals surface area contributed by atoms with Crippen LogP contribution in [0.2, 0.25) is 0 Å². The van der Waals surface area contributed by atoms with Gasteiger partial charge in [-0.15, -0.1) is 0 Å². The van der Waals surface area contributed by atoms with Gasteiger partial charge in [-0.1, -0.05) is 136 Å². The lowest BCUT2D eigenvalue weighted by atomic mass is 9.99. The molecule has 0 bridgehead atoms. The topological polar surface area (TPSA) is 178 Å². The zero-order valence-electron chi connectivity index (χ0n) is 29.8. The van der Waals surface area contributed by atoms with Gasteiger partial charge in [0.2, 0.25) is 0 Å². The molecule has 1 heterocycles. The fraction of sp³-hybridized carbons (Fsp3) is 0.971. The van der Waals surface area contributed by atoms with E-state index in [1.165, 1.54) is 89.9 Å². The molecule has 4 N–H and O–H groups in total. The maximum absolute atomic E-state index is 12.7. The van der Waals surface area contributed by atoms with Crippen molar-refractivity contribution < 1.29 is 56.2 Å². The number of hydrogen-bond donors (Lipinski definition) is 4. The highest BCUT2D eigenvalue weighted by Gasteiger charge is 2.48. The van der Waals surface area contributed by atoms with E-state index in [-0.39, 0.29) is 19.6 Å². The fourth-order valence-corrected chi connectivity index (χ4v) is 6.36. The molecule has 1 fully saturated rings. The fourth-order valence-electron chi connectivity index (χ4n) is 5.85. The van der Waals surface area contributed by atoms with Crippen molar-refractivity contribution in [3.63, 3.8) is 0 Å². The van der Waals surface area contributed by atoms with Crippen molar-refractivity contribution in [3.8, 4) is 0 Å². The summed E-state index contributed by atoms with van der Waals surface area (Å²) >= 11 is 0. The Labute approximate surface area is 290 Å². The second-order valence-corrected chi connectivity index (χ2v) is 14.2. The van der Waals surface area contributed by atoms with Crippen molar-refractivity contribution >= 4 is 16.4 Å². The Bertz CT molecular complexity index is 874. The summed E-state index contributed by atoms with van der Waals surface area (Å²) in [5.41, 5.74) is 0. The molecule has 0 spiro atoms. The smallest absolute Gasteiger partial charge is 0.397 e. The maximum Gasteiger partial charge on any atom is 0.397 e. The Morgan fingerprint density at radius 2 is 1.19 bits per heavy atom. The summed E-state index contributed by atoms with van der Waals surface area (Å²) in [6, 6.07) is 0. The molecular formula is C35H68O12S. The first-order valence-corrected chi connectivity index (χ1v) is 20.2. The SMILES string of the molecule is CCCCCCCCCCCCCCCC(=O)OC(COCCCCCCCCCC)COC1OC(CO)C(O)C(OS(=O)(=O)O)C1O. The van der Waals surface area contributed by atoms with Gasteiger partial charge in [-0.05, 0) is 12.8 Å². The molecule has 1 rings (SSSR count). The normalized spacial score (nSPS) is 22.2. The van der Waals surface area contributed by atoms with E-state index >= 15 is 0 Å². The average Bonchev–Trinajstić information content (AvgIpc) is 3.05. The van der Waals surface area contributed by atoms with Gasteiger partial charge in [-0.2, -0.15) is 8.42 Å². The highest BCUT2D eigenvalue weighted by atomic mass is 32.3. The lowest BCUT2D eigenvalue weighted by Gasteiger charge is -2.41. The van der Waals surface area contributed by atoms with Crippen LogP contribution in [0.4, 0.5) is 0 Å². The van der Waals surface area contributed by atoms with E-state index in [1.54, 1.807) is 0 Å². The third kappa shape index (κ3) is 22.7. The maximum atomic E-state index is 12.7. The van der Waals surface area contributed by atoms with Gasteiger partial charge in [0.1, 0.15) is 30.5 Å². The predicted octanol–water partition coefficient (Wildman–Crippen LogP) is 6.18. The van der Waals surface area contributed by atoms with Crippen LogP contribution >= 0.6 is 0 Å². The van der Waals surface area contributed by atoms with Crippen LogP contribution in [0.1, 0.15) is 155 Å². The van der Waals surface area contributed by atoms with Crippen molar-refractivity contribution in [2.75, 3.05) is 26.4 Å². The first kappa shape index (κ1) is 45.1. The number of ether oxygens (including phenoxy) is 4. The number of esters is 1. The highest BCUT2D eigenvalue weighted by molar-refractivity contribution is 7.80. The molecule has 0 aromatic heterocycles. The molecular weight excluding hydrogens is 644 g/mol. The molecule has 1 saturated heterocycles. The molecule has 0 aromatic rings. The van der Waals surface area contributed by atoms with Gasteiger partial charge in [0.05, 0.1) is 19.8 Å². The number of carbonyl (C=O) groups is 1. The number of aliphatic hydroxyl groups is 3. The Kier molecular flexibility index (Phi) is 27.0. The molecule has 286 valence electrons. The molecule has 48 heavy (non-hydrogen) atoms. The molecule has 13 heteroatoms. The lowest BCUT2D eigenvalue weighted by molar-refractivity contribution is -0.301. The molecule has 0 aliphatic carbocycles. The van der Waals surface area contributed by atoms with E-state index in [4.69, 9.17) is 23.5 Å². The minimum absolute atomic E-state index is 0.0423. The number of aliphatic hydroxyl groups excluding tert-OH is 3. The zero-order chi connectivity index (χ0) is 35.5. The first-order valence-electron chi connectivity index (χ1n) is 18.8. The van der Waals surface area contributed by atoms with E-state index in [0.29, 0.717) is 13.0 Å². The molecule has 1 aliphatic rings. The van der Waals surface area contributed by atoms with E-state index in [9.17, 15) is 28.5 Å². The molecule has 12 nitrogen and oxygen atoms in total. The van der Waals surface area contributed by atoms with Crippen LogP contribution in [-0.2, 0) is 38.3 Å². The Hall–Kier alpha value is -0.900. The Morgan fingerprint density at radius 3 is 1.67 bits per heavy atom. The second-order valence-electron chi connectivity index (χ2n) is 13.2. The Balaban J connectivity index is 2.50. The zero-order valence-corrected chi connectivity index (χ0v) is 30.6. The molecule has 0 amide bonds. The summed E-state index contributed by atoms with van der Waals surface area (Å²) in [7, 11) is -5.05. The Morgan fingerprint density at radius 1 is 0.708 bits per heavy atom. The summed E-state index contributed by atoms with van der Waals surface area (Å²) in [5, 5.41) is 30.4. The third-order valence-electron chi connectivity index (χ3n) is 8.73. The summed E-state index contributed by atoms with van der Waals surface area (Å²) in [6.45, 7) is 3.95. The van der Waals surface area contributed by atoms with E-state index in [2.05, 4.69) is 18.0 Å². The first-order chi connectivity index (χ1) is 23.1. The lowest BCUT2D eigenvalue weighted by Crippen LogP contribution is -2.60. The van der Waals surface area contributed by atoms with Gasteiger partial charge < -0.3 is 34.3 Å². The van der Waals surface area contributed by atoms with Crippen LogP contribution in [0.25, 0.3) is 0 Å². The van der Waals surface area contributed by atoms with E-state index in [1.807, 2.05) is 0 Å². The van der Waals surface area contributed by atoms with Gasteiger partial charge in [0.25, 0.3) is 0 Å². The van der Waals surface area contributed by atoms with Crippen LogP contribution in [0.15, 0.2) is 0 Å². The number of rotatable bonds is 32. The average molecular weight is 713 g/mol. The molecule has 0 radical (unpaired) electrons. The number of carbonyl (C=O) groups excluding carboxylic acids is 1. The molecule has 0 aromatic carbocycles. The summed E-state index contributed by atoms with van der Waals surface area (Å²) < 4.78 is 58.6. The van der Waals surface area contributed by atoms with Gasteiger partial charge in [-0.25, -0.2) is 4.18 Å². The van der Waals surface area contributed by atoms with E-state index < -0.39 is 59.8 Å². The van der Waals surface area contributed by atoms with Gasteiger partial charge >= 0.3 is 16.4 Å². The van der Waals surface area contributed by atoms with Crippen molar-refractivity contribution in [2.45, 2.75) is 192 Å². The minimum Gasteiger partial charge on any atom is -0.457 e. The van der Waals surface area contributed by atoms with Gasteiger partial charge in [0, 0.05) is 13.0 Å². The molecule has 6 atom stereocenters. The van der Waals surface area contributed by atoms with E-state index in [0.717, 1.165) is 38.5 Å². The predicted molar refractivity (Wildman–Crippen MR) is 184 cm³/mol. The van der Waals surface area contributed by atoms with Crippen LogP contribution in [0, 0.1) is 0 Å². The quantitative estimate of drug-likeness (QED) is 0.0354. The molecule has 0 saturated carbocycles. The largest absolute Gasteiger partial charge is 0.457 e. The highest BCUT2D eigenvalue weighted by Crippen LogP contribution is 2.26. The number of unbranched alkanes of at least 4 members (excludes halogenated alkanes) is 19. The monoisotopic (exact) mass is 712 g/mol. The number of hydrogen-bond acceptors (Lipinski definition) is 11. The van der Waals surface area contributed by atoms with Gasteiger partial charge in [0.15, 0.2) is 6.29 Å². The van der Waals surface area contributed by atoms with Crippen molar-refractivity contribution in [1.29, 1.82) is 0 Å². The van der Waals surface area contributed by atoms with Crippen molar-refractivity contribution in [1.82, 2.24) is 0 Å². The van der Waals surface area contributed by atoms with Crippen LogP contribution in [0.5, 0.6) is 0 Å². The van der Waals surface area contributed by atoms with Crippen molar-refractivity contribution in [3.05, 3.63) is 0 Å². The summed E-state index contributed by atoms with van der Waals surface area (Å²) in [5.74, 6) is -0.399. The standard InChI is InChI=1S/C35H68O12S/c1-3-5-7-9-11-13-14-15-16-17-18-20-22-24-31(37)45-29(27-43-25-23-21-19-12-10-8-6-4-2)28-44-35-33(39)34(47-48(40,41)42)32(38)30(26-36)46-35/h29-30,32-36,38-39H,3-28H2,1-2H3,(H,40,41,42).